The predicted octanol–water partition coefficient (Wildman–Crippen LogP) is 2.02. The molecular formula is C22H30N2O5. The number of aryl methyl sites for hydroxylation is 1. The summed E-state index contributed by atoms with van der Waals surface area (Å²) in [5.74, 6) is 1.71. The van der Waals surface area contributed by atoms with Crippen LogP contribution in [0.25, 0.3) is 11.0 Å². The van der Waals surface area contributed by atoms with Gasteiger partial charge in [0.25, 0.3) is 0 Å². The molecule has 0 bridgehead atoms. The zero-order chi connectivity index (χ0) is 20.2. The second-order valence-electron chi connectivity index (χ2n) is 7.95. The van der Waals surface area contributed by atoms with Crippen molar-refractivity contribution in [2.45, 2.75) is 19.8 Å². The van der Waals surface area contributed by atoms with Gasteiger partial charge in [-0.05, 0) is 44.4 Å². The zero-order valence-electron chi connectivity index (χ0n) is 17.1. The Labute approximate surface area is 170 Å². The molecule has 0 aliphatic carbocycles. The highest BCUT2D eigenvalue weighted by atomic mass is 16.5. The van der Waals surface area contributed by atoms with Crippen LogP contribution in [0.4, 0.5) is 5.88 Å². The maximum atomic E-state index is 12.6. The normalized spacial score (nSPS) is 20.9. The van der Waals surface area contributed by atoms with Crippen LogP contribution in [0.5, 0.6) is 5.75 Å². The number of hydrogen-bond donors (Lipinski definition) is 1. The molecule has 0 amide bonds. The van der Waals surface area contributed by atoms with Crippen molar-refractivity contribution in [2.75, 3.05) is 64.1 Å². The van der Waals surface area contributed by atoms with E-state index in [1.165, 1.54) is 0 Å². The first-order valence-electron chi connectivity index (χ1n) is 10.5. The van der Waals surface area contributed by atoms with Gasteiger partial charge in [-0.2, -0.15) is 0 Å². The fourth-order valence-electron chi connectivity index (χ4n) is 4.21. The third kappa shape index (κ3) is 4.57. The van der Waals surface area contributed by atoms with Crippen LogP contribution in [0.1, 0.15) is 18.4 Å². The van der Waals surface area contributed by atoms with Crippen molar-refractivity contribution in [3.8, 4) is 5.75 Å². The summed E-state index contributed by atoms with van der Waals surface area (Å²) in [5.41, 5.74) is 1.40. The fourth-order valence-corrected chi connectivity index (χ4v) is 4.21. The smallest absolute Gasteiger partial charge is 0.200 e. The molecule has 7 nitrogen and oxygen atoms in total. The van der Waals surface area contributed by atoms with Crippen LogP contribution < -0.4 is 15.1 Å². The summed E-state index contributed by atoms with van der Waals surface area (Å²) >= 11 is 0. The standard InChI is InChI=1S/C22H30N2O5/c1-16-20(28-12-7-23-6-2-3-17(14-23)15-25)5-4-18-19(26)13-21(29-22(16)18)24-8-10-27-11-9-24/h4-5,13,17,25H,2-3,6-12,14-15H2,1H3. The van der Waals surface area contributed by atoms with Crippen molar-refractivity contribution in [2.24, 2.45) is 5.92 Å². The SMILES string of the molecule is Cc1c(OCCN2CCCC(CO)C2)ccc2c(=O)cc(N3CCOCC3)oc12. The molecule has 7 heteroatoms. The number of aliphatic hydroxyl groups is 1. The Morgan fingerprint density at radius 1 is 1.24 bits per heavy atom. The first-order valence-corrected chi connectivity index (χ1v) is 10.5. The number of rotatable bonds is 6. The van der Waals surface area contributed by atoms with Crippen LogP contribution in [0.3, 0.4) is 0 Å². The average molecular weight is 402 g/mol. The highest BCUT2D eigenvalue weighted by molar-refractivity contribution is 5.82. The molecule has 0 spiro atoms. The van der Waals surface area contributed by atoms with Crippen molar-refractivity contribution in [3.05, 3.63) is 34.0 Å². The van der Waals surface area contributed by atoms with Gasteiger partial charge in [0, 0.05) is 44.4 Å². The maximum Gasteiger partial charge on any atom is 0.200 e. The van der Waals surface area contributed by atoms with Gasteiger partial charge in [-0.3, -0.25) is 9.69 Å². The summed E-state index contributed by atoms with van der Waals surface area (Å²) in [7, 11) is 0. The third-order valence-corrected chi connectivity index (χ3v) is 5.93. The van der Waals surface area contributed by atoms with Gasteiger partial charge >= 0.3 is 0 Å². The Kier molecular flexibility index (Phi) is 6.37. The van der Waals surface area contributed by atoms with Crippen LogP contribution in [-0.2, 0) is 4.74 Å². The number of benzene rings is 1. The van der Waals surface area contributed by atoms with Gasteiger partial charge in [0.1, 0.15) is 17.9 Å². The second-order valence-corrected chi connectivity index (χ2v) is 7.95. The monoisotopic (exact) mass is 402 g/mol. The molecule has 1 aromatic heterocycles. The molecule has 158 valence electrons. The van der Waals surface area contributed by atoms with Gasteiger partial charge in [0.2, 0.25) is 0 Å². The minimum Gasteiger partial charge on any atom is -0.492 e. The summed E-state index contributed by atoms with van der Waals surface area (Å²) in [6, 6.07) is 5.21. The van der Waals surface area contributed by atoms with Gasteiger partial charge in [-0.1, -0.05) is 0 Å². The number of ether oxygens (including phenoxy) is 2. The minimum atomic E-state index is -0.0363. The van der Waals surface area contributed by atoms with Gasteiger partial charge in [0.15, 0.2) is 11.3 Å². The first kappa shape index (κ1) is 20.2. The Hall–Kier alpha value is -2.09. The summed E-state index contributed by atoms with van der Waals surface area (Å²) in [6.45, 7) is 8.27. The molecule has 3 heterocycles. The number of hydrogen-bond acceptors (Lipinski definition) is 7. The molecule has 2 aromatic rings. The molecule has 1 N–H and O–H groups in total. The van der Waals surface area contributed by atoms with E-state index in [9.17, 15) is 9.90 Å². The summed E-state index contributed by atoms with van der Waals surface area (Å²) < 4.78 is 17.6. The third-order valence-electron chi connectivity index (χ3n) is 5.93. The van der Waals surface area contributed by atoms with Crippen molar-refractivity contribution < 1.29 is 19.0 Å². The molecule has 2 fully saturated rings. The molecule has 4 rings (SSSR count). The number of aliphatic hydroxyl groups excluding tert-OH is 1. The number of likely N-dealkylation sites (tertiary alicyclic amines) is 1. The van der Waals surface area contributed by atoms with E-state index < -0.39 is 0 Å². The van der Waals surface area contributed by atoms with E-state index in [1.54, 1.807) is 12.1 Å². The number of morpholine rings is 1. The van der Waals surface area contributed by atoms with Gasteiger partial charge in [0.05, 0.1) is 18.6 Å². The van der Waals surface area contributed by atoms with Crippen LogP contribution in [0.15, 0.2) is 27.4 Å². The van der Waals surface area contributed by atoms with E-state index in [0.717, 1.165) is 43.8 Å². The molecule has 2 aliphatic heterocycles. The Bertz CT molecular complexity index is 891. The zero-order valence-corrected chi connectivity index (χ0v) is 17.1. The lowest BCUT2D eigenvalue weighted by Crippen LogP contribution is -2.39. The largest absolute Gasteiger partial charge is 0.492 e. The van der Waals surface area contributed by atoms with E-state index in [4.69, 9.17) is 13.9 Å². The average Bonchev–Trinajstić information content (AvgIpc) is 2.76. The van der Waals surface area contributed by atoms with Gasteiger partial charge in [-0.25, -0.2) is 0 Å². The fraction of sp³-hybridized carbons (Fsp3) is 0.591. The maximum absolute atomic E-state index is 12.6. The van der Waals surface area contributed by atoms with Crippen LogP contribution in [0, 0.1) is 12.8 Å². The number of fused-ring (bicyclic) bond motifs is 1. The van der Waals surface area contributed by atoms with E-state index in [2.05, 4.69) is 4.90 Å². The molecule has 1 unspecified atom stereocenters. The lowest BCUT2D eigenvalue weighted by Gasteiger charge is -2.31. The molecule has 1 atom stereocenters. The van der Waals surface area contributed by atoms with Crippen molar-refractivity contribution >= 4 is 16.9 Å². The summed E-state index contributed by atoms with van der Waals surface area (Å²) in [5, 5.41) is 9.96. The molecule has 0 saturated carbocycles. The highest BCUT2D eigenvalue weighted by Crippen LogP contribution is 2.29. The van der Waals surface area contributed by atoms with Crippen molar-refractivity contribution in [1.82, 2.24) is 4.90 Å². The molecular weight excluding hydrogens is 372 g/mol. The second kappa shape index (κ2) is 9.15. The van der Waals surface area contributed by atoms with Crippen LogP contribution >= 0.6 is 0 Å². The quantitative estimate of drug-likeness (QED) is 0.792. The van der Waals surface area contributed by atoms with E-state index in [1.807, 2.05) is 17.9 Å². The highest BCUT2D eigenvalue weighted by Gasteiger charge is 2.20. The predicted molar refractivity (Wildman–Crippen MR) is 112 cm³/mol. The molecule has 2 saturated heterocycles. The number of piperidine rings is 1. The van der Waals surface area contributed by atoms with Crippen LogP contribution in [0.2, 0.25) is 0 Å². The first-order chi connectivity index (χ1) is 14.2. The molecule has 0 radical (unpaired) electrons. The summed E-state index contributed by atoms with van der Waals surface area (Å²) in [4.78, 5) is 17.0. The topological polar surface area (TPSA) is 75.4 Å². The number of nitrogens with zero attached hydrogens (tertiary/aromatic N) is 2. The van der Waals surface area contributed by atoms with Gasteiger partial charge < -0.3 is 23.9 Å². The van der Waals surface area contributed by atoms with Crippen LogP contribution in [-0.4, -0.2) is 69.2 Å². The van der Waals surface area contributed by atoms with Gasteiger partial charge in [-0.15, -0.1) is 0 Å². The Balaban J connectivity index is 1.48. The lowest BCUT2D eigenvalue weighted by atomic mass is 9.99. The van der Waals surface area contributed by atoms with E-state index in [-0.39, 0.29) is 12.0 Å². The Morgan fingerprint density at radius 2 is 2.07 bits per heavy atom. The number of anilines is 1. The molecule has 29 heavy (non-hydrogen) atoms. The molecule has 1 aromatic carbocycles. The van der Waals surface area contributed by atoms with E-state index in [0.29, 0.717) is 55.7 Å². The van der Waals surface area contributed by atoms with E-state index >= 15 is 0 Å². The minimum absolute atomic E-state index is 0.0363. The molecule has 2 aliphatic rings. The van der Waals surface area contributed by atoms with Crippen molar-refractivity contribution in [1.29, 1.82) is 0 Å². The summed E-state index contributed by atoms with van der Waals surface area (Å²) in [6.07, 6.45) is 2.22. The van der Waals surface area contributed by atoms with Crippen molar-refractivity contribution in [3.63, 3.8) is 0 Å². The lowest BCUT2D eigenvalue weighted by molar-refractivity contribution is 0.107. The Morgan fingerprint density at radius 3 is 2.86 bits per heavy atom.